The molecule has 0 radical (unpaired) electrons. The van der Waals surface area contributed by atoms with Crippen LogP contribution >= 0.6 is 0 Å². The minimum Gasteiger partial charge on any atom is -0.486 e. The molecule has 1 amide bonds. The Morgan fingerprint density at radius 2 is 1.96 bits per heavy atom. The van der Waals surface area contributed by atoms with Crippen molar-refractivity contribution in [2.75, 3.05) is 30.4 Å². The lowest BCUT2D eigenvalue weighted by molar-refractivity contribution is 0.102. The maximum absolute atomic E-state index is 12.5. The summed E-state index contributed by atoms with van der Waals surface area (Å²) in [6.45, 7) is 5.68. The summed E-state index contributed by atoms with van der Waals surface area (Å²) in [7, 11) is 0. The zero-order valence-corrected chi connectivity index (χ0v) is 13.8. The van der Waals surface area contributed by atoms with Crippen molar-refractivity contribution in [2.45, 2.75) is 20.3 Å². The Balaban J connectivity index is 1.76. The summed E-state index contributed by atoms with van der Waals surface area (Å²) in [4.78, 5) is 21.0. The number of benzene rings is 1. The van der Waals surface area contributed by atoms with E-state index in [1.54, 1.807) is 24.3 Å². The Hall–Kier alpha value is -2.83. The van der Waals surface area contributed by atoms with Gasteiger partial charge in [0.15, 0.2) is 11.5 Å². The van der Waals surface area contributed by atoms with Crippen molar-refractivity contribution in [3.63, 3.8) is 0 Å². The largest absolute Gasteiger partial charge is 0.486 e. The first-order chi connectivity index (χ1) is 11.7. The summed E-state index contributed by atoms with van der Waals surface area (Å²) >= 11 is 0. The highest BCUT2D eigenvalue weighted by molar-refractivity contribution is 6.03. The number of nitrogens with one attached hydrogen (secondary N) is 2. The number of carbonyl (C=O) groups excluding carboxylic acids is 1. The van der Waals surface area contributed by atoms with E-state index in [0.717, 1.165) is 18.7 Å². The SMILES string of the molecule is CCCNc1nc(C)cc(C(=O)Nc2ccc3c(c2)OCCO3)n1. The molecule has 0 spiro atoms. The third-order valence-corrected chi connectivity index (χ3v) is 3.42. The molecule has 0 bridgehead atoms. The summed E-state index contributed by atoms with van der Waals surface area (Å²) in [5, 5.41) is 5.92. The molecule has 0 saturated carbocycles. The third-order valence-electron chi connectivity index (χ3n) is 3.42. The van der Waals surface area contributed by atoms with Crippen molar-refractivity contribution < 1.29 is 14.3 Å². The first kappa shape index (κ1) is 16.0. The second kappa shape index (κ2) is 7.16. The molecule has 0 saturated heterocycles. The van der Waals surface area contributed by atoms with Crippen molar-refractivity contribution in [3.05, 3.63) is 35.7 Å². The van der Waals surface area contributed by atoms with Crippen LogP contribution in [0.4, 0.5) is 11.6 Å². The fourth-order valence-electron chi connectivity index (χ4n) is 2.32. The summed E-state index contributed by atoms with van der Waals surface area (Å²) in [6.07, 6.45) is 0.954. The summed E-state index contributed by atoms with van der Waals surface area (Å²) < 4.78 is 11.0. The zero-order chi connectivity index (χ0) is 16.9. The minimum absolute atomic E-state index is 0.295. The van der Waals surface area contributed by atoms with E-state index in [2.05, 4.69) is 27.5 Å². The van der Waals surface area contributed by atoms with Gasteiger partial charge in [0.05, 0.1) is 0 Å². The molecule has 1 aromatic carbocycles. The van der Waals surface area contributed by atoms with Crippen molar-refractivity contribution >= 4 is 17.5 Å². The van der Waals surface area contributed by atoms with E-state index in [9.17, 15) is 4.79 Å². The molecule has 2 heterocycles. The van der Waals surface area contributed by atoms with Crippen LogP contribution in [0.15, 0.2) is 24.3 Å². The van der Waals surface area contributed by atoms with Crippen LogP contribution in [0, 0.1) is 6.92 Å². The van der Waals surface area contributed by atoms with Gasteiger partial charge in [-0.05, 0) is 31.5 Å². The monoisotopic (exact) mass is 328 g/mol. The van der Waals surface area contributed by atoms with Crippen LogP contribution in [0.25, 0.3) is 0 Å². The van der Waals surface area contributed by atoms with Gasteiger partial charge in [-0.25, -0.2) is 9.97 Å². The molecule has 0 unspecified atom stereocenters. The molecular weight excluding hydrogens is 308 g/mol. The average Bonchev–Trinajstić information content (AvgIpc) is 2.59. The fourth-order valence-corrected chi connectivity index (χ4v) is 2.32. The topological polar surface area (TPSA) is 85.4 Å². The highest BCUT2D eigenvalue weighted by Gasteiger charge is 2.15. The van der Waals surface area contributed by atoms with Crippen LogP contribution in [0.2, 0.25) is 0 Å². The predicted octanol–water partition coefficient (Wildman–Crippen LogP) is 2.63. The van der Waals surface area contributed by atoms with Crippen LogP contribution in [0.5, 0.6) is 11.5 Å². The molecule has 2 N–H and O–H groups in total. The maximum Gasteiger partial charge on any atom is 0.274 e. The van der Waals surface area contributed by atoms with Gasteiger partial charge in [-0.15, -0.1) is 0 Å². The standard InChI is InChI=1S/C17H20N4O3/c1-3-6-18-17-19-11(2)9-13(21-17)16(22)20-12-4-5-14-15(10-12)24-8-7-23-14/h4-5,9-10H,3,6-8H2,1-2H3,(H,20,22)(H,18,19,21). The van der Waals surface area contributed by atoms with E-state index in [4.69, 9.17) is 9.47 Å². The van der Waals surface area contributed by atoms with Crippen LogP contribution < -0.4 is 20.1 Å². The molecule has 1 aliphatic rings. The minimum atomic E-state index is -0.295. The Bertz CT molecular complexity index is 749. The molecule has 0 fully saturated rings. The quantitative estimate of drug-likeness (QED) is 0.877. The van der Waals surface area contributed by atoms with Gasteiger partial charge >= 0.3 is 0 Å². The van der Waals surface area contributed by atoms with Crippen LogP contribution in [-0.2, 0) is 0 Å². The van der Waals surface area contributed by atoms with Crippen LogP contribution in [0.1, 0.15) is 29.5 Å². The number of nitrogens with zero attached hydrogens (tertiary/aromatic N) is 2. The lowest BCUT2D eigenvalue weighted by atomic mass is 10.2. The summed E-state index contributed by atoms with van der Waals surface area (Å²) in [5.41, 5.74) is 1.68. The number of amides is 1. The first-order valence-electron chi connectivity index (χ1n) is 7.96. The number of carbonyl (C=O) groups is 1. The third kappa shape index (κ3) is 3.73. The Morgan fingerprint density at radius 1 is 1.17 bits per heavy atom. The van der Waals surface area contributed by atoms with Crippen LogP contribution in [0.3, 0.4) is 0 Å². The molecular formula is C17H20N4O3. The second-order valence-electron chi connectivity index (χ2n) is 5.46. The van der Waals surface area contributed by atoms with Gasteiger partial charge in [-0.1, -0.05) is 6.92 Å². The molecule has 126 valence electrons. The van der Waals surface area contributed by atoms with Gasteiger partial charge < -0.3 is 20.1 Å². The Labute approximate surface area is 140 Å². The number of aromatic nitrogens is 2. The highest BCUT2D eigenvalue weighted by atomic mass is 16.6. The molecule has 3 rings (SSSR count). The normalized spacial score (nSPS) is 12.6. The number of hydrogen-bond acceptors (Lipinski definition) is 6. The number of fused-ring (bicyclic) bond motifs is 1. The smallest absolute Gasteiger partial charge is 0.274 e. The van der Waals surface area contributed by atoms with Gasteiger partial charge in [0.1, 0.15) is 18.9 Å². The lowest BCUT2D eigenvalue weighted by Gasteiger charge is -2.19. The molecule has 0 aliphatic carbocycles. The van der Waals surface area contributed by atoms with Gasteiger partial charge in [0.25, 0.3) is 5.91 Å². The number of anilines is 2. The number of aryl methyl sites for hydroxylation is 1. The van der Waals surface area contributed by atoms with E-state index in [0.29, 0.717) is 42.0 Å². The van der Waals surface area contributed by atoms with Gasteiger partial charge in [-0.3, -0.25) is 4.79 Å². The fraction of sp³-hybridized carbons (Fsp3) is 0.353. The Kier molecular flexibility index (Phi) is 4.79. The van der Waals surface area contributed by atoms with E-state index in [1.807, 2.05) is 6.92 Å². The molecule has 7 heteroatoms. The van der Waals surface area contributed by atoms with Gasteiger partial charge in [0, 0.05) is 24.0 Å². The molecule has 1 aromatic heterocycles. The van der Waals surface area contributed by atoms with Crippen molar-refractivity contribution in [3.8, 4) is 11.5 Å². The summed E-state index contributed by atoms with van der Waals surface area (Å²) in [6, 6.07) is 6.96. The zero-order valence-electron chi connectivity index (χ0n) is 13.8. The highest BCUT2D eigenvalue weighted by Crippen LogP contribution is 2.32. The van der Waals surface area contributed by atoms with E-state index in [-0.39, 0.29) is 5.91 Å². The van der Waals surface area contributed by atoms with Crippen molar-refractivity contribution in [2.24, 2.45) is 0 Å². The number of rotatable bonds is 5. The van der Waals surface area contributed by atoms with E-state index < -0.39 is 0 Å². The molecule has 0 atom stereocenters. The first-order valence-corrected chi connectivity index (χ1v) is 7.96. The van der Waals surface area contributed by atoms with Gasteiger partial charge in [-0.2, -0.15) is 0 Å². The van der Waals surface area contributed by atoms with E-state index >= 15 is 0 Å². The van der Waals surface area contributed by atoms with Crippen molar-refractivity contribution in [1.29, 1.82) is 0 Å². The van der Waals surface area contributed by atoms with Crippen LogP contribution in [-0.4, -0.2) is 35.6 Å². The number of ether oxygens (including phenoxy) is 2. The lowest BCUT2D eigenvalue weighted by Crippen LogP contribution is -2.18. The second-order valence-corrected chi connectivity index (χ2v) is 5.46. The average molecular weight is 328 g/mol. The maximum atomic E-state index is 12.5. The molecule has 2 aromatic rings. The van der Waals surface area contributed by atoms with E-state index in [1.165, 1.54) is 0 Å². The summed E-state index contributed by atoms with van der Waals surface area (Å²) in [5.74, 6) is 1.48. The van der Waals surface area contributed by atoms with Crippen molar-refractivity contribution in [1.82, 2.24) is 9.97 Å². The Morgan fingerprint density at radius 3 is 2.75 bits per heavy atom. The molecule has 7 nitrogen and oxygen atoms in total. The number of hydrogen-bond donors (Lipinski definition) is 2. The molecule has 24 heavy (non-hydrogen) atoms. The van der Waals surface area contributed by atoms with Gasteiger partial charge in [0.2, 0.25) is 5.95 Å². The molecule has 1 aliphatic heterocycles. The predicted molar refractivity (Wildman–Crippen MR) is 90.9 cm³/mol.